The summed E-state index contributed by atoms with van der Waals surface area (Å²) in [5.41, 5.74) is 6.24. The molecule has 0 aliphatic carbocycles. The number of pyridine rings is 2. The number of methoxy groups -OCH3 is 1. The molecule has 0 spiro atoms. The van der Waals surface area contributed by atoms with Crippen molar-refractivity contribution in [2.24, 2.45) is 0 Å². The van der Waals surface area contributed by atoms with Gasteiger partial charge in [-0.05, 0) is 114 Å². The van der Waals surface area contributed by atoms with Gasteiger partial charge in [0, 0.05) is 43.6 Å². The number of alkyl halides is 1. The Hall–Kier alpha value is -5.39. The van der Waals surface area contributed by atoms with Gasteiger partial charge in [0.1, 0.15) is 34.1 Å². The predicted molar refractivity (Wildman–Crippen MR) is 261 cm³/mol. The molecule has 0 amide bonds. The zero-order valence-corrected chi connectivity index (χ0v) is 39.4. The van der Waals surface area contributed by atoms with Crippen molar-refractivity contribution >= 4 is 103 Å². The van der Waals surface area contributed by atoms with Gasteiger partial charge in [-0.2, -0.15) is 5.10 Å². The fourth-order valence-electron chi connectivity index (χ4n) is 6.82. The van der Waals surface area contributed by atoms with Crippen molar-refractivity contribution in [3.8, 4) is 62.9 Å². The standard InChI is InChI=1S/C22H14Cl3N5O.C21H12Cl3N5O.CH3I/c1-31-22-28-27-21(30(22)15-8-5-13(23)6-9-15)20-19(16-12-14(24)7-10-17(16)25)26-18-4-2-3-11-29(18)20;22-12-4-7-14(8-5-12)29-20(26-27-21(29)30)19-18(15-11-13(23)6-9-16(15)24)25-17-3-1-2-10-28(17)19;1-2/h2-12H,1H3;1-11H,(H,27,30);1H3. The van der Waals surface area contributed by atoms with Crippen LogP contribution in [0.4, 0.5) is 0 Å². The SMILES string of the molecule is CI.COc1nnc(-c2c(-c3cc(Cl)ccc3Cl)nc3ccccn23)n1-c1ccc(Cl)cc1.O=c1[nH]nc(-c2c(-c3cc(Cl)ccc3Cl)nc3ccccn23)n1-c1ccc(Cl)cc1. The van der Waals surface area contributed by atoms with E-state index in [4.69, 9.17) is 84.3 Å². The van der Waals surface area contributed by atoms with Crippen LogP contribution in [0.5, 0.6) is 6.01 Å². The lowest BCUT2D eigenvalue weighted by Crippen LogP contribution is -2.16. The maximum absolute atomic E-state index is 12.7. The van der Waals surface area contributed by atoms with Crippen molar-refractivity contribution in [3.63, 3.8) is 0 Å². The molecule has 6 heterocycles. The summed E-state index contributed by atoms with van der Waals surface area (Å²) < 4.78 is 12.5. The van der Waals surface area contributed by atoms with Crippen molar-refractivity contribution in [3.05, 3.63) is 174 Å². The van der Waals surface area contributed by atoms with E-state index in [0.717, 1.165) is 11.3 Å². The highest BCUT2D eigenvalue weighted by Gasteiger charge is 2.27. The van der Waals surface area contributed by atoms with Crippen molar-refractivity contribution in [2.75, 3.05) is 12.0 Å². The molecule has 0 unspecified atom stereocenters. The molecule has 10 rings (SSSR count). The first-order chi connectivity index (χ1) is 30.6. The quantitative estimate of drug-likeness (QED) is 0.124. The lowest BCUT2D eigenvalue weighted by atomic mass is 10.1. The van der Waals surface area contributed by atoms with Gasteiger partial charge < -0.3 is 4.74 Å². The number of ether oxygens (including phenoxy) is 1. The second kappa shape index (κ2) is 19.2. The molecule has 0 bridgehead atoms. The van der Waals surface area contributed by atoms with E-state index in [9.17, 15) is 4.79 Å². The van der Waals surface area contributed by atoms with Crippen molar-refractivity contribution in [1.82, 2.24) is 48.3 Å². The number of nitrogens with one attached hydrogen (secondary N) is 1. The van der Waals surface area contributed by atoms with E-state index in [1.807, 2.05) is 74.7 Å². The zero-order valence-electron chi connectivity index (χ0n) is 32.7. The third kappa shape index (κ3) is 8.79. The van der Waals surface area contributed by atoms with E-state index in [1.165, 1.54) is 4.57 Å². The third-order valence-corrected chi connectivity index (χ3v) is 11.1. The van der Waals surface area contributed by atoms with Gasteiger partial charge in [-0.25, -0.2) is 29.0 Å². The molecule has 0 fully saturated rings. The summed E-state index contributed by atoms with van der Waals surface area (Å²) >= 11 is 39.8. The molecule has 0 atom stereocenters. The molecule has 0 saturated heterocycles. The Labute approximate surface area is 402 Å². The van der Waals surface area contributed by atoms with Crippen LogP contribution in [0, 0.1) is 0 Å². The van der Waals surface area contributed by atoms with Crippen LogP contribution in [-0.2, 0) is 0 Å². The van der Waals surface area contributed by atoms with Gasteiger partial charge in [0.25, 0.3) is 0 Å². The number of hydrogen-bond acceptors (Lipinski definition) is 7. The summed E-state index contributed by atoms with van der Waals surface area (Å²) in [6.45, 7) is 0. The first-order valence-corrected chi connectivity index (χ1v) is 22.9. The molecule has 0 radical (unpaired) electrons. The summed E-state index contributed by atoms with van der Waals surface area (Å²) in [5.74, 6) is 0.913. The van der Waals surface area contributed by atoms with E-state index in [2.05, 4.69) is 43.0 Å². The number of imidazole rings is 2. The first-order valence-electron chi connectivity index (χ1n) is 18.5. The molecule has 19 heteroatoms. The average molecular weight is 1070 g/mol. The second-order valence-electron chi connectivity index (χ2n) is 13.2. The van der Waals surface area contributed by atoms with E-state index in [-0.39, 0.29) is 5.69 Å². The number of hydrogen-bond donors (Lipinski definition) is 1. The van der Waals surface area contributed by atoms with Crippen LogP contribution in [0.1, 0.15) is 0 Å². The minimum atomic E-state index is -0.388. The highest BCUT2D eigenvalue weighted by molar-refractivity contribution is 14.1. The zero-order chi connectivity index (χ0) is 44.4. The van der Waals surface area contributed by atoms with E-state index >= 15 is 0 Å². The monoisotopic (exact) mass is 1070 g/mol. The van der Waals surface area contributed by atoms with Crippen LogP contribution in [0.3, 0.4) is 0 Å². The molecular weight excluding hydrogens is 1040 g/mol. The number of aromatic nitrogens is 10. The number of halogens is 7. The minimum absolute atomic E-state index is 0.325. The fraction of sp³-hybridized carbons (Fsp3) is 0.0455. The van der Waals surface area contributed by atoms with Gasteiger partial charge in [-0.3, -0.25) is 8.80 Å². The van der Waals surface area contributed by atoms with Crippen molar-refractivity contribution in [1.29, 1.82) is 0 Å². The Morgan fingerprint density at radius 3 is 1.51 bits per heavy atom. The van der Waals surface area contributed by atoms with Gasteiger partial charge in [0.15, 0.2) is 11.6 Å². The Morgan fingerprint density at radius 1 is 0.556 bits per heavy atom. The Balaban J connectivity index is 0.000000166. The summed E-state index contributed by atoms with van der Waals surface area (Å²) in [7, 11) is 1.55. The maximum atomic E-state index is 12.7. The van der Waals surface area contributed by atoms with Gasteiger partial charge in [-0.15, -0.1) is 5.10 Å². The Bertz CT molecular complexity index is 3310. The molecule has 6 aromatic heterocycles. The van der Waals surface area contributed by atoms with Crippen molar-refractivity contribution in [2.45, 2.75) is 0 Å². The smallest absolute Gasteiger partial charge is 0.348 e. The molecule has 316 valence electrons. The number of nitrogens with zero attached hydrogens (tertiary/aromatic N) is 9. The van der Waals surface area contributed by atoms with Crippen molar-refractivity contribution < 1.29 is 4.74 Å². The molecular formula is C44H29Cl6IN10O2. The summed E-state index contributed by atoms with van der Waals surface area (Å²) in [6, 6.07) is 36.4. The lowest BCUT2D eigenvalue weighted by Gasteiger charge is -2.11. The molecule has 1 N–H and O–H groups in total. The Morgan fingerprint density at radius 2 is 1.02 bits per heavy atom. The molecule has 0 aliphatic rings. The molecule has 63 heavy (non-hydrogen) atoms. The largest absolute Gasteiger partial charge is 0.467 e. The number of fused-ring (bicyclic) bond motifs is 2. The Kier molecular flexibility index (Phi) is 13.4. The highest BCUT2D eigenvalue weighted by atomic mass is 127. The lowest BCUT2D eigenvalue weighted by molar-refractivity contribution is 0.372. The van der Waals surface area contributed by atoms with Crippen LogP contribution >= 0.6 is 92.2 Å². The molecule has 0 saturated carbocycles. The topological polar surface area (TPSA) is 125 Å². The first kappa shape index (κ1) is 44.2. The van der Waals surface area contributed by atoms with Crippen LogP contribution in [-0.4, -0.2) is 60.3 Å². The average Bonchev–Trinajstić information content (AvgIpc) is 4.09. The van der Waals surface area contributed by atoms with Gasteiger partial charge >= 0.3 is 11.7 Å². The van der Waals surface area contributed by atoms with E-state index in [1.54, 1.807) is 84.5 Å². The maximum Gasteiger partial charge on any atom is 0.348 e. The predicted octanol–water partition coefficient (Wildman–Crippen LogP) is 12.8. The number of benzene rings is 4. The molecule has 12 nitrogen and oxygen atoms in total. The molecule has 4 aromatic carbocycles. The third-order valence-electron chi connectivity index (χ3n) is 9.51. The van der Waals surface area contributed by atoms with Gasteiger partial charge in [0.2, 0.25) is 0 Å². The second-order valence-corrected chi connectivity index (χ2v) is 15.8. The summed E-state index contributed by atoms with van der Waals surface area (Å²) in [5, 5.41) is 18.8. The minimum Gasteiger partial charge on any atom is -0.467 e. The summed E-state index contributed by atoms with van der Waals surface area (Å²) in [4.78, 5) is 24.2. The number of H-pyrrole nitrogens is 1. The van der Waals surface area contributed by atoms with E-state index < -0.39 is 0 Å². The van der Waals surface area contributed by atoms with Crippen LogP contribution in [0.25, 0.3) is 68.2 Å². The van der Waals surface area contributed by atoms with Crippen LogP contribution < -0.4 is 10.4 Å². The highest BCUT2D eigenvalue weighted by Crippen LogP contribution is 2.40. The van der Waals surface area contributed by atoms with Gasteiger partial charge in [0.05, 0.1) is 28.5 Å². The normalized spacial score (nSPS) is 11.0. The summed E-state index contributed by atoms with van der Waals surface area (Å²) in [6.07, 6.45) is 3.76. The van der Waals surface area contributed by atoms with Crippen LogP contribution in [0.2, 0.25) is 30.1 Å². The van der Waals surface area contributed by atoms with Gasteiger partial charge in [-0.1, -0.05) is 109 Å². The molecule has 0 aliphatic heterocycles. The number of rotatable bonds is 7. The number of aromatic amines is 1. The van der Waals surface area contributed by atoms with Crippen LogP contribution in [0.15, 0.2) is 139 Å². The fourth-order valence-corrected chi connectivity index (χ4v) is 7.83. The molecule has 10 aromatic rings. The van der Waals surface area contributed by atoms with E-state index in [0.29, 0.717) is 93.0 Å².